The van der Waals surface area contributed by atoms with E-state index in [1.165, 1.54) is 12.0 Å². The Morgan fingerprint density at radius 1 is 1.00 bits per heavy atom. The minimum atomic E-state index is -3.87. The van der Waals surface area contributed by atoms with Gasteiger partial charge in [-0.05, 0) is 35.7 Å². The first-order valence-corrected chi connectivity index (χ1v) is 14.8. The van der Waals surface area contributed by atoms with Gasteiger partial charge in [0.05, 0.1) is 19.1 Å². The van der Waals surface area contributed by atoms with Crippen LogP contribution in [0.3, 0.4) is 0 Å². The van der Waals surface area contributed by atoms with Crippen LogP contribution in [0.1, 0.15) is 24.5 Å². The molecule has 0 spiro atoms. The van der Waals surface area contributed by atoms with E-state index in [0.717, 1.165) is 22.5 Å². The van der Waals surface area contributed by atoms with Gasteiger partial charge in [0.15, 0.2) is 0 Å². The van der Waals surface area contributed by atoms with Gasteiger partial charge in [-0.2, -0.15) is 0 Å². The van der Waals surface area contributed by atoms with Gasteiger partial charge in [-0.25, -0.2) is 8.42 Å². The van der Waals surface area contributed by atoms with Gasteiger partial charge in [0.2, 0.25) is 21.8 Å². The minimum Gasteiger partial charge on any atom is -0.497 e. The van der Waals surface area contributed by atoms with Crippen LogP contribution >= 0.6 is 11.6 Å². The molecular formula is C29H34ClN3O5S. The molecule has 1 N–H and O–H groups in total. The molecule has 3 aromatic carbocycles. The second kappa shape index (κ2) is 14.0. The third-order valence-corrected chi connectivity index (χ3v) is 7.65. The number of anilines is 1. The number of carbonyl (C=O) groups is 2. The highest BCUT2D eigenvalue weighted by Gasteiger charge is 2.33. The predicted molar refractivity (Wildman–Crippen MR) is 154 cm³/mol. The lowest BCUT2D eigenvalue weighted by Gasteiger charge is -2.33. The van der Waals surface area contributed by atoms with Crippen molar-refractivity contribution in [3.63, 3.8) is 0 Å². The van der Waals surface area contributed by atoms with Crippen molar-refractivity contribution in [1.29, 1.82) is 0 Å². The number of methoxy groups -OCH3 is 1. The maximum Gasteiger partial charge on any atom is 0.244 e. The van der Waals surface area contributed by atoms with Crippen LogP contribution in [0.2, 0.25) is 5.02 Å². The summed E-state index contributed by atoms with van der Waals surface area (Å²) < 4.78 is 32.0. The van der Waals surface area contributed by atoms with Crippen molar-refractivity contribution in [3.05, 3.63) is 95.0 Å². The third-order valence-electron chi connectivity index (χ3n) is 6.14. The smallest absolute Gasteiger partial charge is 0.244 e. The molecule has 3 rings (SSSR count). The van der Waals surface area contributed by atoms with E-state index in [1.54, 1.807) is 48.5 Å². The average Bonchev–Trinajstić information content (AvgIpc) is 2.93. The number of halogens is 1. The molecule has 0 saturated carbocycles. The van der Waals surface area contributed by atoms with E-state index in [9.17, 15) is 18.0 Å². The molecule has 0 aromatic heterocycles. The van der Waals surface area contributed by atoms with Crippen molar-refractivity contribution >= 4 is 39.1 Å². The Morgan fingerprint density at radius 3 is 2.33 bits per heavy atom. The molecule has 8 nitrogen and oxygen atoms in total. The summed E-state index contributed by atoms with van der Waals surface area (Å²) in [7, 11) is -2.39. The molecule has 10 heteroatoms. The fourth-order valence-corrected chi connectivity index (χ4v) is 5.15. The molecule has 39 heavy (non-hydrogen) atoms. The van der Waals surface area contributed by atoms with E-state index in [2.05, 4.69) is 5.32 Å². The summed E-state index contributed by atoms with van der Waals surface area (Å²) in [5.41, 5.74) is 1.78. The van der Waals surface area contributed by atoms with E-state index < -0.39 is 28.5 Å². The number of hydrogen-bond donors (Lipinski definition) is 1. The van der Waals surface area contributed by atoms with Crippen LogP contribution in [0.5, 0.6) is 5.75 Å². The number of carbonyl (C=O) groups excluding carboxylic acids is 2. The lowest BCUT2D eigenvalue weighted by atomic mass is 10.0. The fourth-order valence-electron chi connectivity index (χ4n) is 4.11. The van der Waals surface area contributed by atoms with Gasteiger partial charge in [-0.1, -0.05) is 73.1 Å². The summed E-state index contributed by atoms with van der Waals surface area (Å²) in [4.78, 5) is 28.9. The third kappa shape index (κ3) is 8.46. The maximum absolute atomic E-state index is 14.0. The normalized spacial score (nSPS) is 11.9. The van der Waals surface area contributed by atoms with Crippen molar-refractivity contribution in [3.8, 4) is 5.75 Å². The summed E-state index contributed by atoms with van der Waals surface area (Å²) >= 11 is 6.45. The Balaban J connectivity index is 2.05. The first-order valence-electron chi connectivity index (χ1n) is 12.6. The quantitative estimate of drug-likeness (QED) is 0.330. The van der Waals surface area contributed by atoms with Crippen molar-refractivity contribution in [2.45, 2.75) is 32.4 Å². The van der Waals surface area contributed by atoms with E-state index in [1.807, 2.05) is 37.3 Å². The van der Waals surface area contributed by atoms with Crippen LogP contribution in [0.15, 0.2) is 78.9 Å². The Bertz CT molecular complexity index is 1370. The van der Waals surface area contributed by atoms with Gasteiger partial charge in [-0.3, -0.25) is 13.9 Å². The van der Waals surface area contributed by atoms with Gasteiger partial charge in [0, 0.05) is 30.6 Å². The lowest BCUT2D eigenvalue weighted by molar-refractivity contribution is -0.140. The molecule has 0 fully saturated rings. The summed E-state index contributed by atoms with van der Waals surface area (Å²) in [6.45, 7) is 1.89. The van der Waals surface area contributed by atoms with Crippen LogP contribution in [-0.4, -0.2) is 57.6 Å². The number of amides is 2. The monoisotopic (exact) mass is 571 g/mol. The molecule has 2 amide bonds. The molecule has 1 unspecified atom stereocenters. The maximum atomic E-state index is 14.0. The number of nitrogens with one attached hydrogen (secondary N) is 1. The summed E-state index contributed by atoms with van der Waals surface area (Å²) in [5.74, 6) is -0.424. The summed E-state index contributed by atoms with van der Waals surface area (Å²) in [6.07, 6.45) is 2.00. The van der Waals surface area contributed by atoms with E-state index in [4.69, 9.17) is 16.3 Å². The van der Waals surface area contributed by atoms with Gasteiger partial charge in [0.25, 0.3) is 0 Å². The van der Waals surface area contributed by atoms with Gasteiger partial charge in [-0.15, -0.1) is 0 Å². The number of rotatable bonds is 13. The number of sulfonamides is 1. The first-order chi connectivity index (χ1) is 18.6. The Morgan fingerprint density at radius 2 is 1.69 bits per heavy atom. The topological polar surface area (TPSA) is 96.0 Å². The number of hydrogen-bond acceptors (Lipinski definition) is 5. The zero-order valence-corrected chi connectivity index (χ0v) is 23.9. The molecule has 0 heterocycles. The van der Waals surface area contributed by atoms with Crippen molar-refractivity contribution in [2.75, 3.05) is 30.8 Å². The molecule has 1 atom stereocenters. The van der Waals surface area contributed by atoms with Crippen molar-refractivity contribution in [2.24, 2.45) is 0 Å². The zero-order chi connectivity index (χ0) is 28.4. The SMILES string of the molecule is CCCNC(=O)C(Cc1ccccc1)N(Cc1ccccc1Cl)C(=O)CN(c1cccc(OC)c1)S(C)(=O)=O. The van der Waals surface area contributed by atoms with Gasteiger partial charge < -0.3 is 15.0 Å². The van der Waals surface area contributed by atoms with Crippen LogP contribution in [0.4, 0.5) is 5.69 Å². The zero-order valence-electron chi connectivity index (χ0n) is 22.3. The minimum absolute atomic E-state index is 0.0191. The molecule has 0 radical (unpaired) electrons. The van der Waals surface area contributed by atoms with Crippen LogP contribution in [0.25, 0.3) is 0 Å². The van der Waals surface area contributed by atoms with Crippen LogP contribution in [-0.2, 0) is 32.6 Å². The van der Waals surface area contributed by atoms with E-state index in [0.29, 0.717) is 22.9 Å². The summed E-state index contributed by atoms with van der Waals surface area (Å²) in [6, 6.07) is 22.0. The average molecular weight is 572 g/mol. The molecule has 0 saturated heterocycles. The highest BCUT2D eigenvalue weighted by Crippen LogP contribution is 2.25. The highest BCUT2D eigenvalue weighted by atomic mass is 35.5. The molecule has 0 aliphatic carbocycles. The molecule has 208 valence electrons. The highest BCUT2D eigenvalue weighted by molar-refractivity contribution is 7.92. The van der Waals surface area contributed by atoms with E-state index in [-0.39, 0.29) is 24.6 Å². The fraction of sp³-hybridized carbons (Fsp3) is 0.310. The van der Waals surface area contributed by atoms with Crippen LogP contribution in [0, 0.1) is 0 Å². The number of benzene rings is 3. The predicted octanol–water partition coefficient (Wildman–Crippen LogP) is 4.28. The van der Waals surface area contributed by atoms with E-state index >= 15 is 0 Å². The standard InChI is InChI=1S/C29H34ClN3O5S/c1-4-17-31-29(35)27(18-22-11-6-5-7-12-22)32(20-23-13-8-9-16-26(23)30)28(34)21-33(39(3,36)37)24-14-10-15-25(19-24)38-2/h5-16,19,27H,4,17-18,20-21H2,1-3H3,(H,31,35). The second-order valence-electron chi connectivity index (χ2n) is 9.08. The van der Waals surface area contributed by atoms with Crippen molar-refractivity contribution in [1.82, 2.24) is 10.2 Å². The Labute approximate surface area is 235 Å². The number of nitrogens with zero attached hydrogens (tertiary/aromatic N) is 2. The largest absolute Gasteiger partial charge is 0.497 e. The van der Waals surface area contributed by atoms with Gasteiger partial charge in [0.1, 0.15) is 18.3 Å². The summed E-state index contributed by atoms with van der Waals surface area (Å²) in [5, 5.41) is 3.34. The number of ether oxygens (including phenoxy) is 1. The Kier molecular flexibility index (Phi) is 10.8. The van der Waals surface area contributed by atoms with Crippen LogP contribution < -0.4 is 14.4 Å². The Hall–Kier alpha value is -3.56. The molecule has 3 aromatic rings. The molecule has 0 aliphatic heterocycles. The molecule has 0 aliphatic rings. The lowest BCUT2D eigenvalue weighted by Crippen LogP contribution is -2.53. The first kappa shape index (κ1) is 30.0. The second-order valence-corrected chi connectivity index (χ2v) is 11.4. The molecular weight excluding hydrogens is 538 g/mol. The van der Waals surface area contributed by atoms with Gasteiger partial charge >= 0.3 is 0 Å². The molecule has 0 bridgehead atoms. The van der Waals surface area contributed by atoms with Crippen molar-refractivity contribution < 1.29 is 22.7 Å².